The molecule has 0 N–H and O–H groups in total. The third kappa shape index (κ3) is 4.20. The molecule has 0 aromatic carbocycles. The molecule has 0 aromatic rings. The average Bonchev–Trinajstić information content (AvgIpc) is 2.02. The van der Waals surface area contributed by atoms with E-state index in [2.05, 4.69) is 38.8 Å². The molecule has 1 aliphatic carbocycles. The van der Waals surface area contributed by atoms with Crippen LogP contribution in [0.2, 0.25) is 14.8 Å². The first-order valence-electron chi connectivity index (χ1n) is 5.73. The van der Waals surface area contributed by atoms with Crippen LogP contribution in [0.1, 0.15) is 33.1 Å². The topological polar surface area (TPSA) is 0 Å². The predicted molar refractivity (Wildman–Crippen MR) is 68.2 cm³/mol. The zero-order valence-electron chi connectivity index (χ0n) is 10.4. The van der Waals surface area contributed by atoms with E-state index >= 15 is 0 Å². The summed E-state index contributed by atoms with van der Waals surface area (Å²) in [5.41, 5.74) is 3.27. The molecule has 0 heterocycles. The molecule has 1 rings (SSSR count). The summed E-state index contributed by atoms with van der Waals surface area (Å²) in [5, 5.41) is 0. The molecular formula is C13H24Sn. The van der Waals surface area contributed by atoms with Gasteiger partial charge in [0.1, 0.15) is 0 Å². The predicted octanol–water partition coefficient (Wildman–Crippen LogP) is 4.56. The molecular weight excluding hydrogens is 275 g/mol. The quantitative estimate of drug-likeness (QED) is 0.518. The second-order valence-electron chi connectivity index (χ2n) is 5.78. The Morgan fingerprint density at radius 2 is 2.07 bits per heavy atom. The molecule has 0 saturated heterocycles. The molecule has 0 spiro atoms. The van der Waals surface area contributed by atoms with E-state index in [-0.39, 0.29) is 0 Å². The molecule has 0 aliphatic heterocycles. The summed E-state index contributed by atoms with van der Waals surface area (Å²) >= 11 is -1.69. The standard InChI is InChI=1S/C10H15.3CH3.Sn/c1-8(2)10-6-4-9(3)5-7-10;;;;/h1,4,10H,5-7H2,2-3H3;3*1H3;. The number of allylic oxidation sites excluding steroid dienone is 3. The Labute approximate surface area is 93.4 Å². The molecule has 80 valence electrons. The van der Waals surface area contributed by atoms with E-state index in [9.17, 15) is 0 Å². The van der Waals surface area contributed by atoms with Gasteiger partial charge in [-0.05, 0) is 0 Å². The summed E-state index contributed by atoms with van der Waals surface area (Å²) in [6, 6.07) is 0. The van der Waals surface area contributed by atoms with Gasteiger partial charge in [0, 0.05) is 0 Å². The monoisotopic (exact) mass is 300 g/mol. The Bertz CT molecular complexity index is 253. The Morgan fingerprint density at radius 3 is 2.50 bits per heavy atom. The fourth-order valence-electron chi connectivity index (χ4n) is 2.18. The molecule has 1 atom stereocenters. The molecule has 0 bridgehead atoms. The molecule has 1 heteroatoms. The van der Waals surface area contributed by atoms with Gasteiger partial charge in [0.15, 0.2) is 0 Å². The Morgan fingerprint density at radius 1 is 1.43 bits per heavy atom. The molecule has 1 aliphatic rings. The van der Waals surface area contributed by atoms with Crippen LogP contribution in [0.5, 0.6) is 0 Å². The number of hydrogen-bond acceptors (Lipinski definition) is 0. The summed E-state index contributed by atoms with van der Waals surface area (Å²) in [5.74, 6) is 0.856. The molecule has 14 heavy (non-hydrogen) atoms. The van der Waals surface area contributed by atoms with Crippen LogP contribution in [-0.4, -0.2) is 18.4 Å². The maximum atomic E-state index is 2.65. The minimum absolute atomic E-state index is 0.856. The van der Waals surface area contributed by atoms with Crippen molar-refractivity contribution in [2.24, 2.45) is 5.92 Å². The first-order valence-corrected chi connectivity index (χ1v) is 15.9. The van der Waals surface area contributed by atoms with Crippen LogP contribution in [0.15, 0.2) is 21.3 Å². The minimum atomic E-state index is -1.69. The Hall–Kier alpha value is 0.279. The zero-order valence-corrected chi connectivity index (χ0v) is 13.2. The fraction of sp³-hybridized carbons (Fsp3) is 0.692. The Balaban J connectivity index is 2.63. The second kappa shape index (κ2) is 4.87. The van der Waals surface area contributed by atoms with Gasteiger partial charge in [0.05, 0.1) is 0 Å². The van der Waals surface area contributed by atoms with E-state index in [1.165, 1.54) is 19.3 Å². The van der Waals surface area contributed by atoms with Crippen LogP contribution in [-0.2, 0) is 0 Å². The third-order valence-electron chi connectivity index (χ3n) is 2.94. The van der Waals surface area contributed by atoms with Crippen molar-refractivity contribution in [2.45, 2.75) is 47.9 Å². The van der Waals surface area contributed by atoms with Gasteiger partial charge in [0.2, 0.25) is 0 Å². The van der Waals surface area contributed by atoms with Crippen LogP contribution < -0.4 is 0 Å². The van der Waals surface area contributed by atoms with Crippen LogP contribution in [0.25, 0.3) is 0 Å². The van der Waals surface area contributed by atoms with E-state index < -0.39 is 18.4 Å². The van der Waals surface area contributed by atoms with E-state index in [0.29, 0.717) is 0 Å². The van der Waals surface area contributed by atoms with Crippen molar-refractivity contribution in [3.63, 3.8) is 0 Å². The van der Waals surface area contributed by atoms with E-state index in [0.717, 1.165) is 5.92 Å². The van der Waals surface area contributed by atoms with Crippen molar-refractivity contribution < 1.29 is 0 Å². The van der Waals surface area contributed by atoms with Crippen LogP contribution in [0.3, 0.4) is 0 Å². The van der Waals surface area contributed by atoms with Crippen molar-refractivity contribution >= 4 is 18.4 Å². The van der Waals surface area contributed by atoms with Gasteiger partial charge in [0.25, 0.3) is 0 Å². The molecule has 0 aromatic heterocycles. The maximum absolute atomic E-state index is 2.65. The molecule has 0 saturated carbocycles. The SMILES string of the molecule is CC1=CCC(/C(C)=[CH]/[Sn]([CH3])([CH3])[CH3])CC1. The zero-order chi connectivity index (χ0) is 10.8. The molecule has 0 fully saturated rings. The summed E-state index contributed by atoms with van der Waals surface area (Å²) in [7, 11) is 0. The average molecular weight is 299 g/mol. The van der Waals surface area contributed by atoms with Crippen LogP contribution in [0.4, 0.5) is 0 Å². The van der Waals surface area contributed by atoms with Crippen LogP contribution in [0, 0.1) is 5.92 Å². The normalized spacial score (nSPS) is 24.8. The van der Waals surface area contributed by atoms with E-state index in [1.54, 1.807) is 11.1 Å². The van der Waals surface area contributed by atoms with Crippen molar-refractivity contribution in [3.05, 3.63) is 21.3 Å². The second-order valence-corrected chi connectivity index (χ2v) is 20.1. The number of rotatable bonds is 2. The summed E-state index contributed by atoms with van der Waals surface area (Å²) in [6.07, 6.45) is 6.42. The third-order valence-corrected chi connectivity index (χ3v) is 6.71. The van der Waals surface area contributed by atoms with Gasteiger partial charge in [-0.3, -0.25) is 0 Å². The fourth-order valence-corrected chi connectivity index (χ4v) is 6.75. The van der Waals surface area contributed by atoms with Crippen molar-refractivity contribution in [3.8, 4) is 0 Å². The summed E-state index contributed by atoms with van der Waals surface area (Å²) < 4.78 is 2.65. The first kappa shape index (κ1) is 12.3. The molecule has 0 amide bonds. The van der Waals surface area contributed by atoms with Gasteiger partial charge in [-0.2, -0.15) is 0 Å². The Kier molecular flexibility index (Phi) is 4.29. The van der Waals surface area contributed by atoms with Gasteiger partial charge >= 0.3 is 93.5 Å². The molecule has 0 nitrogen and oxygen atoms in total. The van der Waals surface area contributed by atoms with Gasteiger partial charge in [-0.25, -0.2) is 0 Å². The summed E-state index contributed by atoms with van der Waals surface area (Å²) in [4.78, 5) is 7.46. The summed E-state index contributed by atoms with van der Waals surface area (Å²) in [6.45, 7) is 4.61. The van der Waals surface area contributed by atoms with Gasteiger partial charge in [-0.15, -0.1) is 0 Å². The van der Waals surface area contributed by atoms with E-state index in [4.69, 9.17) is 0 Å². The van der Waals surface area contributed by atoms with Crippen molar-refractivity contribution in [2.75, 3.05) is 0 Å². The van der Waals surface area contributed by atoms with Crippen molar-refractivity contribution in [1.29, 1.82) is 0 Å². The van der Waals surface area contributed by atoms with Crippen molar-refractivity contribution in [1.82, 2.24) is 0 Å². The van der Waals surface area contributed by atoms with E-state index in [1.807, 2.05) is 0 Å². The van der Waals surface area contributed by atoms with Gasteiger partial charge in [-0.1, -0.05) is 0 Å². The number of hydrogen-bond donors (Lipinski definition) is 0. The van der Waals surface area contributed by atoms with Gasteiger partial charge < -0.3 is 0 Å². The molecule has 0 radical (unpaired) electrons. The molecule has 1 unspecified atom stereocenters. The first-order chi connectivity index (χ1) is 6.38. The van der Waals surface area contributed by atoms with Crippen LogP contribution >= 0.6 is 0 Å².